The van der Waals surface area contributed by atoms with Gasteiger partial charge in [0.15, 0.2) is 5.78 Å². The first-order chi connectivity index (χ1) is 9.25. The number of Topliss-reactive ketones (excluding diaryl/α,β-unsaturated/α-hetero) is 1. The lowest BCUT2D eigenvalue weighted by Crippen LogP contribution is -2.25. The van der Waals surface area contributed by atoms with Crippen molar-refractivity contribution in [1.82, 2.24) is 10.3 Å². The summed E-state index contributed by atoms with van der Waals surface area (Å²) >= 11 is 0. The molecule has 4 nitrogen and oxygen atoms in total. The van der Waals surface area contributed by atoms with Crippen molar-refractivity contribution in [3.8, 4) is 0 Å². The van der Waals surface area contributed by atoms with E-state index in [0.29, 0.717) is 12.1 Å². The van der Waals surface area contributed by atoms with Crippen LogP contribution in [0.15, 0.2) is 54.7 Å². The molecule has 0 aliphatic heterocycles. The van der Waals surface area contributed by atoms with Crippen molar-refractivity contribution < 1.29 is 9.59 Å². The third kappa shape index (κ3) is 4.03. The molecular formula is C15H14N2O2. The van der Waals surface area contributed by atoms with E-state index in [0.717, 1.165) is 5.69 Å². The van der Waals surface area contributed by atoms with Crippen LogP contribution in [-0.4, -0.2) is 16.7 Å². The van der Waals surface area contributed by atoms with Gasteiger partial charge in [-0.15, -0.1) is 0 Å². The Bertz CT molecular complexity index is 553. The Morgan fingerprint density at radius 2 is 1.74 bits per heavy atom. The molecule has 96 valence electrons. The normalized spacial score (nSPS) is 9.89. The van der Waals surface area contributed by atoms with Gasteiger partial charge in [0.1, 0.15) is 0 Å². The van der Waals surface area contributed by atoms with E-state index in [1.165, 1.54) is 0 Å². The number of nitrogens with one attached hydrogen (secondary N) is 1. The van der Waals surface area contributed by atoms with Crippen LogP contribution < -0.4 is 5.32 Å². The largest absolute Gasteiger partial charge is 0.350 e. The molecule has 0 saturated carbocycles. The maximum Gasteiger partial charge on any atom is 0.228 e. The maximum atomic E-state index is 11.8. The van der Waals surface area contributed by atoms with E-state index in [1.54, 1.807) is 30.5 Å². The number of benzene rings is 1. The summed E-state index contributed by atoms with van der Waals surface area (Å²) in [6.45, 7) is 0.335. The molecule has 1 aromatic heterocycles. The highest BCUT2D eigenvalue weighted by atomic mass is 16.2. The molecule has 0 spiro atoms. The predicted octanol–water partition coefficient (Wildman–Crippen LogP) is 1.97. The van der Waals surface area contributed by atoms with Crippen molar-refractivity contribution in [2.75, 3.05) is 0 Å². The second-order valence-electron chi connectivity index (χ2n) is 4.06. The molecule has 1 N–H and O–H groups in total. The van der Waals surface area contributed by atoms with Gasteiger partial charge in [-0.2, -0.15) is 0 Å². The first kappa shape index (κ1) is 13.0. The average Bonchev–Trinajstić information content (AvgIpc) is 2.47. The molecule has 2 aromatic rings. The fourth-order valence-corrected chi connectivity index (χ4v) is 1.63. The third-order valence-electron chi connectivity index (χ3n) is 2.61. The van der Waals surface area contributed by atoms with Gasteiger partial charge in [0.05, 0.1) is 18.7 Å². The van der Waals surface area contributed by atoms with Crippen LogP contribution in [0.2, 0.25) is 0 Å². The quantitative estimate of drug-likeness (QED) is 0.655. The monoisotopic (exact) mass is 254 g/mol. The molecule has 0 bridgehead atoms. The minimum atomic E-state index is -0.292. The number of carbonyl (C=O) groups excluding carboxylic acids is 2. The van der Waals surface area contributed by atoms with Crippen LogP contribution in [0.5, 0.6) is 0 Å². The van der Waals surface area contributed by atoms with Gasteiger partial charge in [0.2, 0.25) is 5.91 Å². The Balaban J connectivity index is 1.83. The van der Waals surface area contributed by atoms with E-state index in [-0.39, 0.29) is 18.1 Å². The van der Waals surface area contributed by atoms with Gasteiger partial charge < -0.3 is 5.32 Å². The van der Waals surface area contributed by atoms with Gasteiger partial charge in [0, 0.05) is 11.8 Å². The SMILES string of the molecule is O=C(CC(=O)c1ccccc1)NCc1ccccn1. The van der Waals surface area contributed by atoms with E-state index in [9.17, 15) is 9.59 Å². The molecular weight excluding hydrogens is 240 g/mol. The summed E-state index contributed by atoms with van der Waals surface area (Å²) in [5, 5.41) is 2.68. The molecule has 0 radical (unpaired) electrons. The number of nitrogens with zero attached hydrogens (tertiary/aromatic N) is 1. The highest BCUT2D eigenvalue weighted by Crippen LogP contribution is 2.03. The van der Waals surface area contributed by atoms with Gasteiger partial charge in [-0.05, 0) is 12.1 Å². The Hall–Kier alpha value is -2.49. The predicted molar refractivity (Wildman–Crippen MR) is 71.5 cm³/mol. The molecule has 0 fully saturated rings. The molecule has 0 saturated heterocycles. The van der Waals surface area contributed by atoms with E-state index in [4.69, 9.17) is 0 Å². The Labute approximate surface area is 111 Å². The van der Waals surface area contributed by atoms with Crippen molar-refractivity contribution in [2.24, 2.45) is 0 Å². The standard InChI is InChI=1S/C15H14N2O2/c18-14(12-6-2-1-3-7-12)10-15(19)17-11-13-8-4-5-9-16-13/h1-9H,10-11H2,(H,17,19). The average molecular weight is 254 g/mol. The number of aromatic nitrogens is 1. The van der Waals surface area contributed by atoms with Crippen LogP contribution in [0, 0.1) is 0 Å². The Kier molecular flexibility index (Phi) is 4.39. The highest BCUT2D eigenvalue weighted by molar-refractivity contribution is 6.07. The van der Waals surface area contributed by atoms with E-state index >= 15 is 0 Å². The molecule has 0 unspecified atom stereocenters. The second-order valence-corrected chi connectivity index (χ2v) is 4.06. The van der Waals surface area contributed by atoms with E-state index in [2.05, 4.69) is 10.3 Å². The van der Waals surface area contributed by atoms with Crippen LogP contribution in [-0.2, 0) is 11.3 Å². The number of amides is 1. The number of carbonyl (C=O) groups is 2. The lowest BCUT2D eigenvalue weighted by molar-refractivity contribution is -0.120. The van der Waals surface area contributed by atoms with Crippen LogP contribution in [0.1, 0.15) is 22.5 Å². The molecule has 0 atom stereocenters. The summed E-state index contributed by atoms with van der Waals surface area (Å²) in [7, 11) is 0. The van der Waals surface area contributed by atoms with Gasteiger partial charge in [-0.3, -0.25) is 14.6 Å². The number of hydrogen-bond acceptors (Lipinski definition) is 3. The summed E-state index contributed by atoms with van der Waals surface area (Å²) in [6.07, 6.45) is 1.52. The fourth-order valence-electron chi connectivity index (χ4n) is 1.63. The van der Waals surface area contributed by atoms with Gasteiger partial charge >= 0.3 is 0 Å². The Morgan fingerprint density at radius 1 is 1.00 bits per heavy atom. The minimum absolute atomic E-state index is 0.142. The Morgan fingerprint density at radius 3 is 2.42 bits per heavy atom. The number of rotatable bonds is 5. The van der Waals surface area contributed by atoms with Gasteiger partial charge in [-0.25, -0.2) is 0 Å². The van der Waals surface area contributed by atoms with Crippen molar-refractivity contribution in [2.45, 2.75) is 13.0 Å². The van der Waals surface area contributed by atoms with Crippen LogP contribution in [0.3, 0.4) is 0 Å². The molecule has 1 heterocycles. The van der Waals surface area contributed by atoms with Crippen molar-refractivity contribution in [3.63, 3.8) is 0 Å². The summed E-state index contributed by atoms with van der Waals surface area (Å²) in [4.78, 5) is 27.5. The third-order valence-corrected chi connectivity index (χ3v) is 2.61. The van der Waals surface area contributed by atoms with Crippen LogP contribution in [0.25, 0.3) is 0 Å². The lowest BCUT2D eigenvalue weighted by atomic mass is 10.1. The molecule has 4 heteroatoms. The molecule has 0 aliphatic rings. The minimum Gasteiger partial charge on any atom is -0.350 e. The summed E-state index contributed by atoms with van der Waals surface area (Å²) in [5.74, 6) is -0.473. The zero-order valence-electron chi connectivity index (χ0n) is 10.4. The van der Waals surface area contributed by atoms with Gasteiger partial charge in [-0.1, -0.05) is 36.4 Å². The lowest BCUT2D eigenvalue weighted by Gasteiger charge is -2.04. The van der Waals surface area contributed by atoms with Crippen molar-refractivity contribution >= 4 is 11.7 Å². The second kappa shape index (κ2) is 6.44. The first-order valence-electron chi connectivity index (χ1n) is 6.00. The van der Waals surface area contributed by atoms with Crippen LogP contribution >= 0.6 is 0 Å². The maximum absolute atomic E-state index is 11.8. The summed E-state index contributed by atoms with van der Waals surface area (Å²) in [6, 6.07) is 14.3. The molecule has 2 rings (SSSR count). The van der Waals surface area contributed by atoms with Gasteiger partial charge in [0.25, 0.3) is 0 Å². The van der Waals surface area contributed by atoms with Crippen molar-refractivity contribution in [3.05, 3.63) is 66.0 Å². The zero-order chi connectivity index (χ0) is 13.5. The van der Waals surface area contributed by atoms with Crippen LogP contribution in [0.4, 0.5) is 0 Å². The molecule has 19 heavy (non-hydrogen) atoms. The van der Waals surface area contributed by atoms with Crippen molar-refractivity contribution in [1.29, 1.82) is 0 Å². The fraction of sp³-hybridized carbons (Fsp3) is 0.133. The summed E-state index contributed by atoms with van der Waals surface area (Å²) in [5.41, 5.74) is 1.32. The zero-order valence-corrected chi connectivity index (χ0v) is 10.4. The smallest absolute Gasteiger partial charge is 0.228 e. The van der Waals surface area contributed by atoms with E-state index in [1.807, 2.05) is 24.3 Å². The number of pyridine rings is 1. The first-order valence-corrected chi connectivity index (χ1v) is 6.00. The topological polar surface area (TPSA) is 59.1 Å². The number of hydrogen-bond donors (Lipinski definition) is 1. The number of ketones is 1. The highest BCUT2D eigenvalue weighted by Gasteiger charge is 2.11. The molecule has 1 aromatic carbocycles. The molecule has 0 aliphatic carbocycles. The molecule has 1 amide bonds. The summed E-state index contributed by atoms with van der Waals surface area (Å²) < 4.78 is 0. The van der Waals surface area contributed by atoms with E-state index < -0.39 is 0 Å².